The zero-order valence-corrected chi connectivity index (χ0v) is 19.2. The van der Waals surface area contributed by atoms with Crippen LogP contribution in [0.25, 0.3) is 0 Å². The van der Waals surface area contributed by atoms with Crippen LogP contribution in [-0.4, -0.2) is 54.0 Å². The van der Waals surface area contributed by atoms with E-state index in [1.165, 1.54) is 31.4 Å². The number of aliphatic imine (C=N–C) groups is 1. The molecule has 0 unspecified atom stereocenters. The van der Waals surface area contributed by atoms with Crippen LogP contribution in [0.4, 0.5) is 0 Å². The minimum absolute atomic E-state index is 0.578. The van der Waals surface area contributed by atoms with Crippen molar-refractivity contribution in [1.82, 2.24) is 5.32 Å². The minimum atomic E-state index is -2.46. The van der Waals surface area contributed by atoms with Gasteiger partial charge in [-0.2, -0.15) is 0 Å². The molecule has 0 aliphatic heterocycles. The molecule has 0 fully saturated rings. The highest BCUT2D eigenvalue weighted by molar-refractivity contribution is 6.60. The molecule has 5 nitrogen and oxygen atoms in total. The van der Waals surface area contributed by atoms with Crippen LogP contribution in [0.5, 0.6) is 0 Å². The molecule has 0 saturated carbocycles. The molecule has 0 bridgehead atoms. The van der Waals surface area contributed by atoms with Gasteiger partial charge in [0.15, 0.2) is 0 Å². The zero-order chi connectivity index (χ0) is 19.7. The van der Waals surface area contributed by atoms with Crippen LogP contribution in [0.15, 0.2) is 4.99 Å². The van der Waals surface area contributed by atoms with E-state index in [-0.39, 0.29) is 0 Å². The van der Waals surface area contributed by atoms with E-state index in [1.54, 1.807) is 0 Å². The normalized spacial score (nSPS) is 13.0. The van der Waals surface area contributed by atoms with Gasteiger partial charge in [-0.15, -0.1) is 0 Å². The number of hydrogen-bond acceptors (Lipinski definition) is 5. The van der Waals surface area contributed by atoms with Crippen molar-refractivity contribution in [2.75, 3.05) is 39.5 Å². The van der Waals surface area contributed by atoms with Crippen LogP contribution in [0.1, 0.15) is 73.6 Å². The fourth-order valence-electron chi connectivity index (χ4n) is 2.71. The van der Waals surface area contributed by atoms with Gasteiger partial charge in [0.25, 0.3) is 0 Å². The van der Waals surface area contributed by atoms with Crippen molar-refractivity contribution in [2.24, 2.45) is 10.9 Å². The topological polar surface area (TPSA) is 52.1 Å². The summed E-state index contributed by atoms with van der Waals surface area (Å²) >= 11 is 0. The predicted octanol–water partition coefficient (Wildman–Crippen LogP) is 4.69. The third-order valence-electron chi connectivity index (χ3n) is 4.39. The van der Waals surface area contributed by atoms with Gasteiger partial charge in [-0.05, 0) is 66.0 Å². The first-order chi connectivity index (χ1) is 12.5. The van der Waals surface area contributed by atoms with E-state index in [0.717, 1.165) is 32.1 Å². The van der Waals surface area contributed by atoms with Crippen molar-refractivity contribution in [3.63, 3.8) is 0 Å². The summed E-state index contributed by atoms with van der Waals surface area (Å²) in [6.07, 6.45) is 6.02. The van der Waals surface area contributed by atoms with Gasteiger partial charge in [0.05, 0.1) is 0 Å². The van der Waals surface area contributed by atoms with E-state index in [9.17, 15) is 0 Å². The summed E-state index contributed by atoms with van der Waals surface area (Å²) in [6.45, 7) is 17.6. The predicted molar refractivity (Wildman–Crippen MR) is 114 cm³/mol. The Balaban J connectivity index is 3.71. The van der Waals surface area contributed by atoms with Crippen LogP contribution in [0.3, 0.4) is 0 Å². The molecule has 0 saturated heterocycles. The molecule has 0 aromatic rings. The molecule has 0 aliphatic rings. The quantitative estimate of drug-likeness (QED) is 0.210. The van der Waals surface area contributed by atoms with Crippen molar-refractivity contribution in [3.05, 3.63) is 0 Å². The van der Waals surface area contributed by atoms with Gasteiger partial charge in [-0.3, -0.25) is 4.99 Å². The summed E-state index contributed by atoms with van der Waals surface area (Å²) in [4.78, 5) is 4.62. The van der Waals surface area contributed by atoms with E-state index >= 15 is 0 Å². The van der Waals surface area contributed by atoms with Crippen LogP contribution in [0, 0.1) is 5.92 Å². The number of hydrogen-bond donors (Lipinski definition) is 1. The highest BCUT2D eigenvalue weighted by atomic mass is 28.4. The molecule has 26 heavy (non-hydrogen) atoms. The van der Waals surface area contributed by atoms with Gasteiger partial charge in [0, 0.05) is 38.1 Å². The maximum absolute atomic E-state index is 5.88. The maximum Gasteiger partial charge on any atom is 0.500 e. The third kappa shape index (κ3) is 13.0. The molecule has 0 aliphatic carbocycles. The molecule has 0 rings (SSSR count). The van der Waals surface area contributed by atoms with E-state index in [1.807, 2.05) is 20.8 Å². The summed E-state index contributed by atoms with van der Waals surface area (Å²) in [5.41, 5.74) is 1.28. The van der Waals surface area contributed by atoms with Crippen LogP contribution >= 0.6 is 0 Å². The second-order valence-corrected chi connectivity index (χ2v) is 9.66. The number of unbranched alkanes of at least 4 members (excludes halogenated alkanes) is 3. The van der Waals surface area contributed by atoms with Crippen LogP contribution < -0.4 is 5.32 Å². The van der Waals surface area contributed by atoms with E-state index < -0.39 is 8.80 Å². The van der Waals surface area contributed by atoms with Gasteiger partial charge in [0.2, 0.25) is 0 Å². The largest absolute Gasteiger partial charge is 0.500 e. The minimum Gasteiger partial charge on any atom is -0.374 e. The Morgan fingerprint density at radius 3 is 1.92 bits per heavy atom. The Morgan fingerprint density at radius 1 is 0.846 bits per heavy atom. The van der Waals surface area contributed by atoms with Gasteiger partial charge in [-0.1, -0.05) is 26.7 Å². The monoisotopic (exact) mass is 388 g/mol. The Hall–Kier alpha value is -0.273. The lowest BCUT2D eigenvalue weighted by molar-refractivity contribution is 0.0708. The molecule has 1 N–H and O–H groups in total. The second-order valence-electron chi connectivity index (χ2n) is 6.93. The zero-order valence-electron chi connectivity index (χ0n) is 18.2. The number of rotatable bonds is 18. The molecule has 0 amide bonds. The lowest BCUT2D eigenvalue weighted by atomic mass is 10.1. The van der Waals surface area contributed by atoms with Gasteiger partial charge in [0.1, 0.15) is 0 Å². The smallest absolute Gasteiger partial charge is 0.374 e. The summed E-state index contributed by atoms with van der Waals surface area (Å²) in [5.74, 6) is 0.578. The molecular formula is C20H44N2O3Si. The lowest BCUT2D eigenvalue weighted by Gasteiger charge is -2.28. The Morgan fingerprint density at radius 2 is 1.38 bits per heavy atom. The second kappa shape index (κ2) is 16.9. The molecular weight excluding hydrogens is 344 g/mol. The molecule has 0 aromatic carbocycles. The average Bonchev–Trinajstić information content (AvgIpc) is 2.60. The van der Waals surface area contributed by atoms with Crippen LogP contribution in [0.2, 0.25) is 6.04 Å². The highest BCUT2D eigenvalue weighted by Gasteiger charge is 2.39. The standard InChI is InChI=1S/C20H44N2O3Si/c1-7-23-26(24-8-2,25-9-3)18-14-16-21-15-12-10-11-13-17-22-20(6)19(4)5/h19,21H,7-18H2,1-6H3. The molecule has 0 atom stereocenters. The van der Waals surface area contributed by atoms with E-state index in [2.05, 4.69) is 31.1 Å². The molecule has 0 heterocycles. The first kappa shape index (κ1) is 25.7. The first-order valence-corrected chi connectivity index (χ1v) is 12.6. The maximum atomic E-state index is 5.88. The van der Waals surface area contributed by atoms with Gasteiger partial charge in [-0.25, -0.2) is 0 Å². The van der Waals surface area contributed by atoms with Crippen molar-refractivity contribution < 1.29 is 13.3 Å². The Bertz CT molecular complexity index is 335. The molecule has 0 radical (unpaired) electrons. The third-order valence-corrected chi connectivity index (χ3v) is 7.54. The van der Waals surface area contributed by atoms with Crippen molar-refractivity contribution in [2.45, 2.75) is 79.7 Å². The van der Waals surface area contributed by atoms with Gasteiger partial charge >= 0.3 is 8.80 Å². The summed E-state index contributed by atoms with van der Waals surface area (Å²) in [7, 11) is -2.46. The van der Waals surface area contributed by atoms with Crippen molar-refractivity contribution in [1.29, 1.82) is 0 Å². The van der Waals surface area contributed by atoms with Crippen LogP contribution in [-0.2, 0) is 13.3 Å². The molecule has 156 valence electrons. The first-order valence-electron chi connectivity index (χ1n) is 10.6. The average molecular weight is 389 g/mol. The molecule has 6 heteroatoms. The van der Waals surface area contributed by atoms with E-state index in [0.29, 0.717) is 25.7 Å². The Kier molecular flexibility index (Phi) is 16.7. The Labute approximate surface area is 163 Å². The lowest BCUT2D eigenvalue weighted by Crippen LogP contribution is -2.46. The van der Waals surface area contributed by atoms with Crippen molar-refractivity contribution in [3.8, 4) is 0 Å². The number of nitrogens with zero attached hydrogens (tertiary/aromatic N) is 1. The highest BCUT2D eigenvalue weighted by Crippen LogP contribution is 2.17. The summed E-state index contributed by atoms with van der Waals surface area (Å²) in [5, 5.41) is 3.54. The fourth-order valence-corrected chi connectivity index (χ4v) is 5.32. The van der Waals surface area contributed by atoms with E-state index in [4.69, 9.17) is 13.3 Å². The summed E-state index contributed by atoms with van der Waals surface area (Å²) in [6, 6.07) is 0.892. The fraction of sp³-hybridized carbons (Fsp3) is 0.950. The molecule has 0 spiro atoms. The summed E-state index contributed by atoms with van der Waals surface area (Å²) < 4.78 is 17.6. The van der Waals surface area contributed by atoms with Gasteiger partial charge < -0.3 is 18.6 Å². The molecule has 0 aromatic heterocycles. The van der Waals surface area contributed by atoms with Crippen molar-refractivity contribution >= 4 is 14.5 Å². The number of nitrogens with one attached hydrogen (secondary N) is 1. The SMILES string of the molecule is CCO[Si](CCCNCCCCCCN=C(C)C(C)C)(OCC)OCC.